The predicted molar refractivity (Wildman–Crippen MR) is 87.8 cm³/mol. The van der Waals surface area contributed by atoms with E-state index in [-0.39, 0.29) is 12.0 Å². The molecule has 23 heavy (non-hydrogen) atoms. The average molecular weight is 316 g/mol. The maximum Gasteiger partial charge on any atom is 0.221 e. The van der Waals surface area contributed by atoms with E-state index in [4.69, 9.17) is 19.9 Å². The molecule has 2 aromatic rings. The highest BCUT2D eigenvalue weighted by Gasteiger charge is 2.19. The van der Waals surface area contributed by atoms with Gasteiger partial charge in [0.05, 0.1) is 26.9 Å². The van der Waals surface area contributed by atoms with Crippen molar-refractivity contribution in [3.8, 4) is 22.6 Å². The minimum atomic E-state index is 0.218. The Bertz CT molecular complexity index is 665. The molecule has 1 aliphatic rings. The van der Waals surface area contributed by atoms with E-state index in [9.17, 15) is 0 Å². The molecule has 1 saturated heterocycles. The van der Waals surface area contributed by atoms with E-state index in [0.717, 1.165) is 24.2 Å². The molecule has 0 spiro atoms. The molecular formula is C16H20N4O3. The molecule has 1 fully saturated rings. The molecule has 3 N–H and O–H groups in total. The second-order valence-electron chi connectivity index (χ2n) is 5.30. The van der Waals surface area contributed by atoms with Crippen LogP contribution in [0.2, 0.25) is 0 Å². The molecule has 1 aromatic heterocycles. The van der Waals surface area contributed by atoms with Gasteiger partial charge in [-0.3, -0.25) is 0 Å². The van der Waals surface area contributed by atoms with E-state index in [1.165, 1.54) is 0 Å². The van der Waals surface area contributed by atoms with Crippen LogP contribution in [0.25, 0.3) is 11.1 Å². The fourth-order valence-electron chi connectivity index (χ4n) is 2.52. The van der Waals surface area contributed by atoms with Crippen LogP contribution in [0.3, 0.4) is 0 Å². The van der Waals surface area contributed by atoms with Crippen molar-refractivity contribution in [1.29, 1.82) is 0 Å². The molecule has 1 aromatic carbocycles. The van der Waals surface area contributed by atoms with Crippen LogP contribution in [0.15, 0.2) is 24.4 Å². The Hall–Kier alpha value is -2.54. The van der Waals surface area contributed by atoms with Gasteiger partial charge in [-0.05, 0) is 24.1 Å². The molecule has 122 valence electrons. The maximum atomic E-state index is 5.75. The van der Waals surface area contributed by atoms with Gasteiger partial charge >= 0.3 is 0 Å². The molecule has 3 rings (SSSR count). The Morgan fingerprint density at radius 2 is 1.96 bits per heavy atom. The molecule has 0 bridgehead atoms. The summed E-state index contributed by atoms with van der Waals surface area (Å²) in [7, 11) is 3.24. The summed E-state index contributed by atoms with van der Waals surface area (Å²) in [4.78, 5) is 8.46. The number of benzene rings is 1. The van der Waals surface area contributed by atoms with E-state index >= 15 is 0 Å². The van der Waals surface area contributed by atoms with Crippen LogP contribution in [-0.4, -0.2) is 43.4 Å². The van der Waals surface area contributed by atoms with Crippen molar-refractivity contribution in [2.75, 3.05) is 38.5 Å². The first kappa shape index (κ1) is 15.4. The second-order valence-corrected chi connectivity index (χ2v) is 5.30. The van der Waals surface area contributed by atoms with Gasteiger partial charge in [-0.1, -0.05) is 0 Å². The van der Waals surface area contributed by atoms with Gasteiger partial charge in [0.25, 0.3) is 0 Å². The smallest absolute Gasteiger partial charge is 0.221 e. The fraction of sp³-hybridized carbons (Fsp3) is 0.375. The summed E-state index contributed by atoms with van der Waals surface area (Å²) in [5, 5.41) is 3.39. The molecule has 1 aliphatic heterocycles. The van der Waals surface area contributed by atoms with Crippen LogP contribution in [0, 0.1) is 0 Å². The lowest BCUT2D eigenvalue weighted by Gasteiger charge is -2.16. The van der Waals surface area contributed by atoms with Gasteiger partial charge in [-0.2, -0.15) is 4.98 Å². The van der Waals surface area contributed by atoms with Crippen molar-refractivity contribution in [3.05, 3.63) is 24.4 Å². The number of hydrogen-bond acceptors (Lipinski definition) is 7. The zero-order valence-electron chi connectivity index (χ0n) is 13.2. The third kappa shape index (κ3) is 3.45. The zero-order chi connectivity index (χ0) is 16.2. The van der Waals surface area contributed by atoms with Crippen LogP contribution < -0.4 is 20.5 Å². The minimum Gasteiger partial charge on any atom is -0.497 e. The standard InChI is InChI=1S/C16H20N4O3/c1-21-12-5-10(6-13(7-12)22-2)14-8-18-16(17)20-15(14)19-11-3-4-23-9-11/h5-8,11H,3-4,9H2,1-2H3,(H3,17,18,19,20). The Morgan fingerprint density at radius 1 is 1.22 bits per heavy atom. The Kier molecular flexibility index (Phi) is 4.47. The summed E-state index contributed by atoms with van der Waals surface area (Å²) in [6.07, 6.45) is 2.64. The molecular weight excluding hydrogens is 296 g/mol. The highest BCUT2D eigenvalue weighted by Crippen LogP contribution is 2.33. The number of methoxy groups -OCH3 is 2. The SMILES string of the molecule is COc1cc(OC)cc(-c2cnc(N)nc2NC2CCOC2)c1. The molecule has 1 unspecified atom stereocenters. The number of hydrogen-bond donors (Lipinski definition) is 2. The third-order valence-electron chi connectivity index (χ3n) is 3.74. The third-order valence-corrected chi connectivity index (χ3v) is 3.74. The molecule has 0 radical (unpaired) electrons. The largest absolute Gasteiger partial charge is 0.497 e. The maximum absolute atomic E-state index is 5.75. The molecule has 0 saturated carbocycles. The number of nitrogens with zero attached hydrogens (tertiary/aromatic N) is 2. The van der Waals surface area contributed by atoms with E-state index in [0.29, 0.717) is 23.9 Å². The van der Waals surface area contributed by atoms with Gasteiger partial charge in [0.1, 0.15) is 17.3 Å². The van der Waals surface area contributed by atoms with Gasteiger partial charge in [-0.25, -0.2) is 4.98 Å². The fourth-order valence-corrected chi connectivity index (χ4v) is 2.52. The number of rotatable bonds is 5. The Morgan fingerprint density at radius 3 is 2.57 bits per heavy atom. The molecule has 7 heteroatoms. The van der Waals surface area contributed by atoms with Gasteiger partial charge in [0.15, 0.2) is 0 Å². The lowest BCUT2D eigenvalue weighted by atomic mass is 10.1. The highest BCUT2D eigenvalue weighted by molar-refractivity contribution is 5.77. The first-order valence-electron chi connectivity index (χ1n) is 7.40. The van der Waals surface area contributed by atoms with E-state index in [1.807, 2.05) is 18.2 Å². The summed E-state index contributed by atoms with van der Waals surface area (Å²) < 4.78 is 16.1. The summed E-state index contributed by atoms with van der Waals surface area (Å²) in [5.74, 6) is 2.31. The molecule has 0 amide bonds. The topological polar surface area (TPSA) is 91.5 Å². The Balaban J connectivity index is 2.01. The molecule has 0 aliphatic carbocycles. The summed E-state index contributed by atoms with van der Waals surface area (Å²) in [5.41, 5.74) is 7.48. The van der Waals surface area contributed by atoms with Crippen LogP contribution in [0.1, 0.15) is 6.42 Å². The van der Waals surface area contributed by atoms with Crippen molar-refractivity contribution < 1.29 is 14.2 Å². The van der Waals surface area contributed by atoms with Gasteiger partial charge < -0.3 is 25.3 Å². The summed E-state index contributed by atoms with van der Waals surface area (Å²) in [6.45, 7) is 1.41. The molecule has 2 heterocycles. The van der Waals surface area contributed by atoms with Crippen LogP contribution in [0.5, 0.6) is 11.5 Å². The number of nitrogen functional groups attached to an aromatic ring is 1. The lowest BCUT2D eigenvalue weighted by molar-refractivity contribution is 0.195. The number of anilines is 2. The Labute approximate surface area is 134 Å². The summed E-state index contributed by atoms with van der Waals surface area (Å²) in [6, 6.07) is 5.86. The lowest BCUT2D eigenvalue weighted by Crippen LogP contribution is -2.20. The van der Waals surface area contributed by atoms with Crippen molar-refractivity contribution in [3.63, 3.8) is 0 Å². The number of nitrogens with two attached hydrogens (primary N) is 1. The normalized spacial score (nSPS) is 17.0. The monoisotopic (exact) mass is 316 g/mol. The van der Waals surface area contributed by atoms with Crippen molar-refractivity contribution in [2.24, 2.45) is 0 Å². The van der Waals surface area contributed by atoms with E-state index in [1.54, 1.807) is 20.4 Å². The highest BCUT2D eigenvalue weighted by atomic mass is 16.5. The van der Waals surface area contributed by atoms with Gasteiger partial charge in [0, 0.05) is 24.4 Å². The summed E-state index contributed by atoms with van der Waals surface area (Å²) >= 11 is 0. The van der Waals surface area contributed by atoms with E-state index in [2.05, 4.69) is 15.3 Å². The number of ether oxygens (including phenoxy) is 3. The van der Waals surface area contributed by atoms with E-state index < -0.39 is 0 Å². The predicted octanol–water partition coefficient (Wildman–Crippen LogP) is 1.94. The van der Waals surface area contributed by atoms with Crippen molar-refractivity contribution >= 4 is 11.8 Å². The first-order valence-corrected chi connectivity index (χ1v) is 7.40. The van der Waals surface area contributed by atoms with Crippen LogP contribution in [-0.2, 0) is 4.74 Å². The minimum absolute atomic E-state index is 0.218. The number of aromatic nitrogens is 2. The van der Waals surface area contributed by atoms with Gasteiger partial charge in [-0.15, -0.1) is 0 Å². The second kappa shape index (κ2) is 6.70. The first-order chi connectivity index (χ1) is 11.2. The quantitative estimate of drug-likeness (QED) is 0.871. The zero-order valence-corrected chi connectivity index (χ0v) is 13.2. The average Bonchev–Trinajstić information content (AvgIpc) is 3.07. The molecule has 7 nitrogen and oxygen atoms in total. The van der Waals surface area contributed by atoms with Gasteiger partial charge in [0.2, 0.25) is 5.95 Å². The van der Waals surface area contributed by atoms with Crippen LogP contribution in [0.4, 0.5) is 11.8 Å². The number of nitrogens with one attached hydrogen (secondary N) is 1. The van der Waals surface area contributed by atoms with Crippen molar-refractivity contribution in [2.45, 2.75) is 12.5 Å². The van der Waals surface area contributed by atoms with Crippen molar-refractivity contribution in [1.82, 2.24) is 9.97 Å². The molecule has 1 atom stereocenters. The van der Waals surface area contributed by atoms with Crippen LogP contribution >= 0.6 is 0 Å².